The van der Waals surface area contributed by atoms with Gasteiger partial charge in [0.15, 0.2) is 0 Å². The number of amides is 2. The summed E-state index contributed by atoms with van der Waals surface area (Å²) in [4.78, 5) is 23.6. The van der Waals surface area contributed by atoms with Gasteiger partial charge < -0.3 is 10.6 Å². The van der Waals surface area contributed by atoms with Gasteiger partial charge in [-0.05, 0) is 36.8 Å². The van der Waals surface area contributed by atoms with Crippen LogP contribution in [-0.4, -0.2) is 21.6 Å². The van der Waals surface area contributed by atoms with Gasteiger partial charge >= 0.3 is 0 Å². The number of hydrogen-bond acceptors (Lipinski definition) is 3. The molecule has 2 aromatic carbocycles. The first-order valence-electron chi connectivity index (χ1n) is 8.28. The molecule has 26 heavy (non-hydrogen) atoms. The van der Waals surface area contributed by atoms with Crippen LogP contribution in [0.3, 0.4) is 0 Å². The predicted octanol–water partition coefficient (Wildman–Crippen LogP) is 3.45. The van der Waals surface area contributed by atoms with E-state index in [4.69, 9.17) is 0 Å². The highest BCUT2D eigenvalue weighted by Crippen LogP contribution is 2.16. The summed E-state index contributed by atoms with van der Waals surface area (Å²) >= 11 is 0. The van der Waals surface area contributed by atoms with E-state index in [1.165, 1.54) is 6.92 Å². The molecular weight excluding hydrogens is 328 g/mol. The van der Waals surface area contributed by atoms with Crippen LogP contribution < -0.4 is 10.6 Å². The number of carbonyl (C=O) groups is 2. The van der Waals surface area contributed by atoms with Crippen molar-refractivity contribution in [3.8, 4) is 0 Å². The molecule has 132 valence electrons. The molecule has 6 heteroatoms. The van der Waals surface area contributed by atoms with Crippen LogP contribution in [0.4, 0.5) is 11.5 Å². The molecule has 6 nitrogen and oxygen atoms in total. The molecule has 0 aliphatic rings. The summed E-state index contributed by atoms with van der Waals surface area (Å²) < 4.78 is 1.77. The summed E-state index contributed by atoms with van der Waals surface area (Å²) in [6.45, 7) is 3.90. The third kappa shape index (κ3) is 4.36. The Balaban J connectivity index is 1.74. The zero-order chi connectivity index (χ0) is 18.5. The molecule has 3 aromatic rings. The maximum absolute atomic E-state index is 12.5. The molecule has 0 atom stereocenters. The smallest absolute Gasteiger partial charge is 0.256 e. The standard InChI is InChI=1S/C20H20N4O2/c1-14-12-19(24(23-14)13-16-6-4-3-5-7-16)22-20(26)17-8-10-18(11-9-17)21-15(2)25/h3-12H,13H2,1-2H3,(H,21,25)(H,22,26). The molecule has 3 rings (SSSR count). The number of hydrogen-bond donors (Lipinski definition) is 2. The van der Waals surface area contributed by atoms with E-state index in [1.807, 2.05) is 43.3 Å². The molecule has 0 saturated carbocycles. The maximum Gasteiger partial charge on any atom is 0.256 e. The number of carbonyl (C=O) groups excluding carboxylic acids is 2. The van der Waals surface area contributed by atoms with Gasteiger partial charge in [-0.15, -0.1) is 0 Å². The molecule has 0 unspecified atom stereocenters. The Bertz CT molecular complexity index is 915. The molecule has 0 radical (unpaired) electrons. The number of rotatable bonds is 5. The Morgan fingerprint density at radius 1 is 1.00 bits per heavy atom. The number of nitrogens with one attached hydrogen (secondary N) is 2. The van der Waals surface area contributed by atoms with E-state index < -0.39 is 0 Å². The van der Waals surface area contributed by atoms with Crippen LogP contribution in [0.25, 0.3) is 0 Å². The summed E-state index contributed by atoms with van der Waals surface area (Å²) in [7, 11) is 0. The maximum atomic E-state index is 12.5. The van der Waals surface area contributed by atoms with Gasteiger partial charge in [-0.3, -0.25) is 9.59 Å². The average molecular weight is 348 g/mol. The van der Waals surface area contributed by atoms with Gasteiger partial charge in [0, 0.05) is 24.2 Å². The van der Waals surface area contributed by atoms with Crippen molar-refractivity contribution in [2.24, 2.45) is 0 Å². The minimum absolute atomic E-state index is 0.150. The Morgan fingerprint density at radius 3 is 2.35 bits per heavy atom. The van der Waals surface area contributed by atoms with E-state index in [9.17, 15) is 9.59 Å². The van der Waals surface area contributed by atoms with Crippen molar-refractivity contribution in [1.82, 2.24) is 9.78 Å². The lowest BCUT2D eigenvalue weighted by atomic mass is 10.2. The Kier molecular flexibility index (Phi) is 5.12. The topological polar surface area (TPSA) is 76.0 Å². The van der Waals surface area contributed by atoms with E-state index in [-0.39, 0.29) is 11.8 Å². The first kappa shape index (κ1) is 17.4. The minimum atomic E-state index is -0.228. The highest BCUT2D eigenvalue weighted by Gasteiger charge is 2.12. The number of aromatic nitrogens is 2. The van der Waals surface area contributed by atoms with E-state index >= 15 is 0 Å². The van der Waals surface area contributed by atoms with Gasteiger partial charge in [0.1, 0.15) is 5.82 Å². The average Bonchev–Trinajstić information content (AvgIpc) is 2.95. The summed E-state index contributed by atoms with van der Waals surface area (Å²) in [6.07, 6.45) is 0. The lowest BCUT2D eigenvalue weighted by Crippen LogP contribution is -2.16. The second-order valence-corrected chi connectivity index (χ2v) is 6.03. The molecule has 0 aliphatic heterocycles. The van der Waals surface area contributed by atoms with Crippen LogP contribution in [-0.2, 0) is 11.3 Å². The lowest BCUT2D eigenvalue weighted by molar-refractivity contribution is -0.114. The predicted molar refractivity (Wildman–Crippen MR) is 101 cm³/mol. The third-order valence-corrected chi connectivity index (χ3v) is 3.79. The second kappa shape index (κ2) is 7.65. The zero-order valence-corrected chi connectivity index (χ0v) is 14.7. The summed E-state index contributed by atoms with van der Waals surface area (Å²) in [6, 6.07) is 18.5. The molecule has 2 N–H and O–H groups in total. The number of nitrogens with zero attached hydrogens (tertiary/aromatic N) is 2. The van der Waals surface area contributed by atoms with E-state index in [0.717, 1.165) is 11.3 Å². The van der Waals surface area contributed by atoms with Crippen molar-refractivity contribution < 1.29 is 9.59 Å². The van der Waals surface area contributed by atoms with Crippen LogP contribution in [0.2, 0.25) is 0 Å². The molecule has 0 spiro atoms. The summed E-state index contributed by atoms with van der Waals surface area (Å²) in [5.74, 6) is 0.262. The fraction of sp³-hybridized carbons (Fsp3) is 0.150. The largest absolute Gasteiger partial charge is 0.326 e. The Hall–Kier alpha value is -3.41. The zero-order valence-electron chi connectivity index (χ0n) is 14.7. The fourth-order valence-electron chi connectivity index (χ4n) is 2.62. The first-order valence-corrected chi connectivity index (χ1v) is 8.28. The number of benzene rings is 2. The van der Waals surface area contributed by atoms with Crippen molar-refractivity contribution in [1.29, 1.82) is 0 Å². The van der Waals surface area contributed by atoms with Crippen molar-refractivity contribution in [2.45, 2.75) is 20.4 Å². The van der Waals surface area contributed by atoms with Gasteiger partial charge in [0.25, 0.3) is 5.91 Å². The van der Waals surface area contributed by atoms with Crippen molar-refractivity contribution >= 4 is 23.3 Å². The fourth-order valence-corrected chi connectivity index (χ4v) is 2.62. The van der Waals surface area contributed by atoms with Crippen LogP contribution in [0, 0.1) is 6.92 Å². The van der Waals surface area contributed by atoms with Gasteiger partial charge in [-0.2, -0.15) is 5.10 Å². The van der Waals surface area contributed by atoms with Gasteiger partial charge in [0.05, 0.1) is 12.2 Å². The van der Waals surface area contributed by atoms with Crippen molar-refractivity contribution in [3.05, 3.63) is 77.5 Å². The van der Waals surface area contributed by atoms with Gasteiger partial charge in [-0.1, -0.05) is 30.3 Å². The molecule has 0 saturated heterocycles. The quantitative estimate of drug-likeness (QED) is 0.741. The van der Waals surface area contributed by atoms with E-state index in [0.29, 0.717) is 23.6 Å². The Labute approximate surface area is 151 Å². The molecule has 1 heterocycles. The van der Waals surface area contributed by atoms with Gasteiger partial charge in [-0.25, -0.2) is 4.68 Å². The van der Waals surface area contributed by atoms with Gasteiger partial charge in [0.2, 0.25) is 5.91 Å². The monoisotopic (exact) mass is 348 g/mol. The van der Waals surface area contributed by atoms with Crippen LogP contribution >= 0.6 is 0 Å². The highest BCUT2D eigenvalue weighted by atomic mass is 16.2. The second-order valence-electron chi connectivity index (χ2n) is 6.03. The molecule has 2 amide bonds. The SMILES string of the molecule is CC(=O)Nc1ccc(C(=O)Nc2cc(C)nn2Cc2ccccc2)cc1. The molecular formula is C20H20N4O2. The molecule has 0 bridgehead atoms. The Morgan fingerprint density at radius 2 is 1.69 bits per heavy atom. The normalized spacial score (nSPS) is 10.4. The van der Waals surface area contributed by atoms with Crippen LogP contribution in [0.5, 0.6) is 0 Å². The first-order chi connectivity index (χ1) is 12.5. The number of aryl methyl sites for hydroxylation is 1. The molecule has 1 aromatic heterocycles. The summed E-state index contributed by atoms with van der Waals surface area (Å²) in [5, 5.41) is 10.0. The minimum Gasteiger partial charge on any atom is -0.326 e. The van der Waals surface area contributed by atoms with Crippen LogP contribution in [0.15, 0.2) is 60.7 Å². The molecule has 0 fully saturated rings. The van der Waals surface area contributed by atoms with Crippen molar-refractivity contribution in [2.75, 3.05) is 10.6 Å². The van der Waals surface area contributed by atoms with Crippen molar-refractivity contribution in [3.63, 3.8) is 0 Å². The van der Waals surface area contributed by atoms with E-state index in [2.05, 4.69) is 15.7 Å². The third-order valence-electron chi connectivity index (χ3n) is 3.79. The number of anilines is 2. The molecule has 0 aliphatic carbocycles. The van der Waals surface area contributed by atoms with Crippen LogP contribution in [0.1, 0.15) is 28.5 Å². The highest BCUT2D eigenvalue weighted by molar-refractivity contribution is 6.04. The van der Waals surface area contributed by atoms with E-state index in [1.54, 1.807) is 28.9 Å². The lowest BCUT2D eigenvalue weighted by Gasteiger charge is -2.10. The summed E-state index contributed by atoms with van der Waals surface area (Å²) in [5.41, 5.74) is 3.09.